The molecule has 0 aliphatic heterocycles. The first-order chi connectivity index (χ1) is 13.4. The molecule has 28 heavy (non-hydrogen) atoms. The van der Waals surface area contributed by atoms with Crippen LogP contribution in [0.3, 0.4) is 0 Å². The summed E-state index contributed by atoms with van der Waals surface area (Å²) in [6.45, 7) is 4.95. The molecular formula is C22H25N3O2S. The summed E-state index contributed by atoms with van der Waals surface area (Å²) in [5.74, 6) is 0.727. The van der Waals surface area contributed by atoms with Gasteiger partial charge in [0, 0.05) is 26.3 Å². The van der Waals surface area contributed by atoms with Crippen molar-refractivity contribution in [3.63, 3.8) is 0 Å². The van der Waals surface area contributed by atoms with Gasteiger partial charge in [0.15, 0.2) is 0 Å². The molecule has 0 aliphatic rings. The lowest BCUT2D eigenvalue weighted by molar-refractivity contribution is 0.591. The monoisotopic (exact) mass is 395 g/mol. The molecule has 1 heterocycles. The maximum Gasteiger partial charge on any atom is 0.265 e. The van der Waals surface area contributed by atoms with Crippen LogP contribution in [-0.4, -0.2) is 27.0 Å². The molecule has 3 aromatic rings. The quantitative estimate of drug-likeness (QED) is 0.600. The first-order valence-corrected chi connectivity index (χ1v) is 10.7. The van der Waals surface area contributed by atoms with E-state index in [4.69, 9.17) is 0 Å². The number of benzene rings is 2. The van der Waals surface area contributed by atoms with Crippen LogP contribution in [0.15, 0.2) is 77.8 Å². The van der Waals surface area contributed by atoms with Crippen molar-refractivity contribution in [1.29, 1.82) is 0 Å². The van der Waals surface area contributed by atoms with E-state index in [0.29, 0.717) is 18.8 Å². The molecule has 0 unspecified atom stereocenters. The summed E-state index contributed by atoms with van der Waals surface area (Å²) >= 11 is 0. The minimum Gasteiger partial charge on any atom is -0.355 e. The average Bonchev–Trinajstić information content (AvgIpc) is 2.71. The van der Waals surface area contributed by atoms with Crippen molar-refractivity contribution >= 4 is 21.5 Å². The minimum absolute atomic E-state index is 0.186. The fraction of sp³-hybridized carbons (Fsp3) is 0.227. The van der Waals surface area contributed by atoms with Gasteiger partial charge >= 0.3 is 0 Å². The number of hydrogen-bond donors (Lipinski definition) is 0. The molecule has 0 aliphatic carbocycles. The van der Waals surface area contributed by atoms with Crippen molar-refractivity contribution in [2.45, 2.75) is 25.3 Å². The predicted molar refractivity (Wildman–Crippen MR) is 114 cm³/mol. The molecule has 6 heteroatoms. The standard InChI is InChI=1S/C22H25N3O2S/c1-4-25(20-12-6-5-7-13-20)28(26,27)21-14-15-22(23-16-21)24(3)17-19-11-9-8-10-18(19)2/h5-16H,4,17H2,1-3H3. The van der Waals surface area contributed by atoms with Crippen molar-refractivity contribution in [3.05, 3.63) is 84.1 Å². The highest BCUT2D eigenvalue weighted by molar-refractivity contribution is 7.92. The lowest BCUT2D eigenvalue weighted by Crippen LogP contribution is -2.30. The summed E-state index contributed by atoms with van der Waals surface area (Å²) in [7, 11) is -1.71. The smallest absolute Gasteiger partial charge is 0.265 e. The Morgan fingerprint density at radius 1 is 0.929 bits per heavy atom. The van der Waals surface area contributed by atoms with Gasteiger partial charge in [-0.25, -0.2) is 13.4 Å². The molecular weight excluding hydrogens is 370 g/mol. The number of anilines is 2. The third kappa shape index (κ3) is 4.17. The second-order valence-corrected chi connectivity index (χ2v) is 8.50. The molecule has 0 atom stereocenters. The van der Waals surface area contributed by atoms with Crippen LogP contribution < -0.4 is 9.21 Å². The molecule has 0 radical (unpaired) electrons. The fourth-order valence-electron chi connectivity index (χ4n) is 3.09. The van der Waals surface area contributed by atoms with E-state index in [-0.39, 0.29) is 4.90 Å². The summed E-state index contributed by atoms with van der Waals surface area (Å²) in [5.41, 5.74) is 3.07. The van der Waals surface area contributed by atoms with Gasteiger partial charge in [-0.2, -0.15) is 0 Å². The van der Waals surface area contributed by atoms with Crippen LogP contribution in [0.25, 0.3) is 0 Å². The maximum atomic E-state index is 13.1. The Bertz CT molecular complexity index is 1020. The van der Waals surface area contributed by atoms with Crippen molar-refractivity contribution < 1.29 is 8.42 Å². The Morgan fingerprint density at radius 2 is 1.61 bits per heavy atom. The molecule has 0 saturated heterocycles. The average molecular weight is 396 g/mol. The van der Waals surface area contributed by atoms with Crippen molar-refractivity contribution in [2.24, 2.45) is 0 Å². The Morgan fingerprint density at radius 3 is 2.21 bits per heavy atom. The first-order valence-electron chi connectivity index (χ1n) is 9.23. The number of aromatic nitrogens is 1. The van der Waals surface area contributed by atoms with E-state index in [1.165, 1.54) is 21.6 Å². The second kappa shape index (κ2) is 8.44. The van der Waals surface area contributed by atoms with Crippen LogP contribution in [0, 0.1) is 6.92 Å². The number of hydrogen-bond acceptors (Lipinski definition) is 4. The number of aryl methyl sites for hydroxylation is 1. The van der Waals surface area contributed by atoms with Gasteiger partial charge in [-0.05, 0) is 49.2 Å². The van der Waals surface area contributed by atoms with Gasteiger partial charge in [0.2, 0.25) is 0 Å². The Labute approximate surface area is 167 Å². The maximum absolute atomic E-state index is 13.1. The topological polar surface area (TPSA) is 53.5 Å². The van der Waals surface area contributed by atoms with Crippen molar-refractivity contribution in [1.82, 2.24) is 4.98 Å². The zero-order valence-electron chi connectivity index (χ0n) is 16.4. The molecule has 0 fully saturated rings. The summed E-state index contributed by atoms with van der Waals surface area (Å²) in [6.07, 6.45) is 1.44. The largest absolute Gasteiger partial charge is 0.355 e. The highest BCUT2D eigenvalue weighted by atomic mass is 32.2. The fourth-order valence-corrected chi connectivity index (χ4v) is 4.51. The van der Waals surface area contributed by atoms with Gasteiger partial charge in [0.1, 0.15) is 10.7 Å². The van der Waals surface area contributed by atoms with E-state index in [1.54, 1.807) is 24.3 Å². The van der Waals surface area contributed by atoms with Crippen molar-refractivity contribution in [2.75, 3.05) is 22.8 Å². The van der Waals surface area contributed by atoms with E-state index in [1.807, 2.05) is 49.2 Å². The molecule has 5 nitrogen and oxygen atoms in total. The Hall–Kier alpha value is -2.86. The number of para-hydroxylation sites is 1. The van der Waals surface area contributed by atoms with Gasteiger partial charge in [0.25, 0.3) is 10.0 Å². The number of pyridine rings is 1. The number of nitrogens with zero attached hydrogens (tertiary/aromatic N) is 3. The van der Waals surface area contributed by atoms with E-state index in [0.717, 1.165) is 5.82 Å². The third-order valence-electron chi connectivity index (χ3n) is 4.70. The van der Waals surface area contributed by atoms with Crippen LogP contribution in [-0.2, 0) is 16.6 Å². The molecule has 3 rings (SSSR count). The molecule has 2 aromatic carbocycles. The normalized spacial score (nSPS) is 11.2. The highest BCUT2D eigenvalue weighted by Crippen LogP contribution is 2.24. The minimum atomic E-state index is -3.66. The zero-order chi connectivity index (χ0) is 20.1. The summed E-state index contributed by atoms with van der Waals surface area (Å²) in [5, 5.41) is 0. The summed E-state index contributed by atoms with van der Waals surface area (Å²) in [6, 6.07) is 20.7. The van der Waals surface area contributed by atoms with Gasteiger partial charge in [0.05, 0.1) is 5.69 Å². The van der Waals surface area contributed by atoms with E-state index < -0.39 is 10.0 Å². The van der Waals surface area contributed by atoms with Crippen molar-refractivity contribution in [3.8, 4) is 0 Å². The lowest BCUT2D eigenvalue weighted by Gasteiger charge is -2.23. The lowest BCUT2D eigenvalue weighted by atomic mass is 10.1. The molecule has 0 saturated carbocycles. The Kier molecular flexibility index (Phi) is 5.99. The summed E-state index contributed by atoms with van der Waals surface area (Å²) in [4.78, 5) is 6.59. The second-order valence-electron chi connectivity index (χ2n) is 6.64. The first kappa shape index (κ1) is 19.9. The summed E-state index contributed by atoms with van der Waals surface area (Å²) < 4.78 is 27.5. The number of sulfonamides is 1. The van der Waals surface area contributed by atoms with E-state index >= 15 is 0 Å². The molecule has 146 valence electrons. The SMILES string of the molecule is CCN(c1ccccc1)S(=O)(=O)c1ccc(N(C)Cc2ccccc2C)nc1. The molecule has 0 amide bonds. The van der Waals surface area contributed by atoms with E-state index in [2.05, 4.69) is 24.0 Å². The van der Waals surface area contributed by atoms with Crippen LogP contribution in [0.2, 0.25) is 0 Å². The zero-order valence-corrected chi connectivity index (χ0v) is 17.2. The van der Waals surface area contributed by atoms with Crippen LogP contribution >= 0.6 is 0 Å². The van der Waals surface area contributed by atoms with Crippen LogP contribution in [0.1, 0.15) is 18.1 Å². The van der Waals surface area contributed by atoms with Gasteiger partial charge in [-0.1, -0.05) is 42.5 Å². The molecule has 0 N–H and O–H groups in total. The van der Waals surface area contributed by atoms with Gasteiger partial charge < -0.3 is 4.90 Å². The molecule has 0 bridgehead atoms. The third-order valence-corrected chi connectivity index (χ3v) is 6.59. The predicted octanol–water partition coefficient (Wildman–Crippen LogP) is 4.24. The van der Waals surface area contributed by atoms with Crippen LogP contribution in [0.4, 0.5) is 11.5 Å². The number of rotatable bonds is 7. The molecule has 0 spiro atoms. The van der Waals surface area contributed by atoms with Gasteiger partial charge in [-0.3, -0.25) is 4.31 Å². The van der Waals surface area contributed by atoms with Gasteiger partial charge in [-0.15, -0.1) is 0 Å². The van der Waals surface area contributed by atoms with Crippen LogP contribution in [0.5, 0.6) is 0 Å². The molecule has 1 aromatic heterocycles. The highest BCUT2D eigenvalue weighted by Gasteiger charge is 2.24. The van der Waals surface area contributed by atoms with E-state index in [9.17, 15) is 8.42 Å². The Balaban J connectivity index is 1.82.